The fourth-order valence-electron chi connectivity index (χ4n) is 4.70. The number of nitrogens with zero attached hydrogens (tertiary/aromatic N) is 2. The number of aromatic nitrogens is 2. The lowest BCUT2D eigenvalue weighted by molar-refractivity contribution is -0.138. The minimum atomic E-state index is -4.57. The van der Waals surface area contributed by atoms with Crippen molar-refractivity contribution in [2.45, 2.75) is 44.2 Å². The maximum absolute atomic E-state index is 13.3. The van der Waals surface area contributed by atoms with Gasteiger partial charge in [0.2, 0.25) is 0 Å². The van der Waals surface area contributed by atoms with E-state index in [0.717, 1.165) is 23.1 Å². The molecule has 1 aliphatic carbocycles. The molecule has 3 aromatic rings. The van der Waals surface area contributed by atoms with E-state index < -0.39 is 23.4 Å². The van der Waals surface area contributed by atoms with Crippen LogP contribution in [0.3, 0.4) is 0 Å². The number of alkyl halides is 3. The van der Waals surface area contributed by atoms with Crippen molar-refractivity contribution in [3.63, 3.8) is 0 Å². The van der Waals surface area contributed by atoms with Gasteiger partial charge in [0.25, 0.3) is 5.91 Å². The quantitative estimate of drug-likeness (QED) is 0.396. The molecule has 0 unspecified atom stereocenters. The lowest BCUT2D eigenvalue weighted by Crippen LogP contribution is -2.27. The number of hydrogen-bond acceptors (Lipinski definition) is 5. The molecular weight excluding hydrogens is 483 g/mol. The Hall–Kier alpha value is -3.75. The fourth-order valence-corrected chi connectivity index (χ4v) is 4.70. The molecule has 9 heteroatoms. The molecule has 0 saturated heterocycles. The van der Waals surface area contributed by atoms with Crippen molar-refractivity contribution < 1.29 is 27.5 Å². The first-order chi connectivity index (χ1) is 17.8. The summed E-state index contributed by atoms with van der Waals surface area (Å²) in [5.41, 5.74) is 0.854. The van der Waals surface area contributed by atoms with Crippen molar-refractivity contribution >= 4 is 11.7 Å². The zero-order chi connectivity index (χ0) is 26.4. The van der Waals surface area contributed by atoms with Crippen LogP contribution in [-0.2, 0) is 12.6 Å². The maximum atomic E-state index is 13.3. The highest BCUT2D eigenvalue weighted by Crippen LogP contribution is 2.38. The summed E-state index contributed by atoms with van der Waals surface area (Å²) < 4.78 is 45.1. The Balaban J connectivity index is 1.28. The van der Waals surface area contributed by atoms with Gasteiger partial charge in [0.05, 0.1) is 18.4 Å². The molecule has 0 spiro atoms. The van der Waals surface area contributed by atoms with E-state index in [0.29, 0.717) is 38.6 Å². The summed E-state index contributed by atoms with van der Waals surface area (Å²) in [7, 11) is 1.61. The Bertz CT molecular complexity index is 1220. The number of carbonyl (C=O) groups excluding carboxylic acids is 2. The first-order valence-electron chi connectivity index (χ1n) is 12.2. The molecule has 1 heterocycles. The van der Waals surface area contributed by atoms with Crippen molar-refractivity contribution in [2.24, 2.45) is 5.92 Å². The largest absolute Gasteiger partial charge is 0.497 e. The van der Waals surface area contributed by atoms with Crippen molar-refractivity contribution in [1.29, 1.82) is 0 Å². The molecule has 0 bridgehead atoms. The minimum Gasteiger partial charge on any atom is -0.497 e. The molecule has 0 aliphatic heterocycles. The third-order valence-corrected chi connectivity index (χ3v) is 6.79. The molecule has 1 saturated carbocycles. The number of methoxy groups -OCH3 is 1. The summed E-state index contributed by atoms with van der Waals surface area (Å²) in [6.45, 7) is 0.449. The Morgan fingerprint density at radius 1 is 0.946 bits per heavy atom. The van der Waals surface area contributed by atoms with E-state index in [1.165, 1.54) is 18.2 Å². The fraction of sp³-hybridized carbons (Fsp3) is 0.357. The van der Waals surface area contributed by atoms with Gasteiger partial charge in [0.15, 0.2) is 11.5 Å². The second-order valence-electron chi connectivity index (χ2n) is 9.15. The van der Waals surface area contributed by atoms with Gasteiger partial charge in [-0.05, 0) is 68.0 Å². The Kier molecular flexibility index (Phi) is 8.21. The van der Waals surface area contributed by atoms with Crippen LogP contribution in [0.1, 0.15) is 69.3 Å². The number of nitrogens with one attached hydrogen (secondary N) is 1. The summed E-state index contributed by atoms with van der Waals surface area (Å²) in [6.07, 6.45) is -1.71. The molecule has 1 aliphatic rings. The summed E-state index contributed by atoms with van der Waals surface area (Å²) >= 11 is 0. The second kappa shape index (κ2) is 11.5. The number of ether oxygens (including phenoxy) is 1. The van der Waals surface area contributed by atoms with E-state index >= 15 is 0 Å². The molecule has 1 N–H and O–H groups in total. The lowest BCUT2D eigenvalue weighted by atomic mass is 9.77. The van der Waals surface area contributed by atoms with Crippen LogP contribution < -0.4 is 10.1 Å². The summed E-state index contributed by atoms with van der Waals surface area (Å²) in [6, 6.07) is 16.0. The average Bonchev–Trinajstić information content (AvgIpc) is 2.92. The van der Waals surface area contributed by atoms with Gasteiger partial charge in [-0.25, -0.2) is 0 Å². The summed E-state index contributed by atoms with van der Waals surface area (Å²) in [5, 5.41) is 11.1. The van der Waals surface area contributed by atoms with Gasteiger partial charge < -0.3 is 10.1 Å². The highest BCUT2D eigenvalue weighted by Gasteiger charge is 2.37. The SMILES string of the molecule is COc1ccc(CCNC(=O)c2ccc(C3CCC(C(=O)c4ccccc4C(F)(F)F)CC3)nn2)cc1. The number of carbonyl (C=O) groups is 2. The van der Waals surface area contributed by atoms with Crippen molar-refractivity contribution in [2.75, 3.05) is 13.7 Å². The second-order valence-corrected chi connectivity index (χ2v) is 9.15. The van der Waals surface area contributed by atoms with Crippen LogP contribution in [0.5, 0.6) is 5.75 Å². The third-order valence-electron chi connectivity index (χ3n) is 6.79. The predicted octanol–water partition coefficient (Wildman–Crippen LogP) is 5.63. The van der Waals surface area contributed by atoms with Gasteiger partial charge in [0, 0.05) is 23.9 Å². The Morgan fingerprint density at radius 3 is 2.27 bits per heavy atom. The normalized spacial score (nSPS) is 17.7. The molecule has 0 radical (unpaired) electrons. The number of hydrogen-bond donors (Lipinski definition) is 1. The highest BCUT2D eigenvalue weighted by molar-refractivity contribution is 5.99. The summed E-state index contributed by atoms with van der Waals surface area (Å²) in [4.78, 5) is 25.3. The molecule has 6 nitrogen and oxygen atoms in total. The molecule has 2 aromatic carbocycles. The molecule has 37 heavy (non-hydrogen) atoms. The van der Waals surface area contributed by atoms with Crippen molar-refractivity contribution in [3.05, 3.63) is 88.7 Å². The Labute approximate surface area is 213 Å². The van der Waals surface area contributed by atoms with Crippen LogP contribution in [0.2, 0.25) is 0 Å². The van der Waals surface area contributed by atoms with E-state index in [9.17, 15) is 22.8 Å². The standard InChI is InChI=1S/C28H28F3N3O3/c1-37-21-12-6-18(7-13-21)16-17-32-27(36)25-15-14-24(33-34-25)19-8-10-20(11-9-19)26(35)22-4-2-3-5-23(22)28(29,30)31/h2-7,12-15,19-20H,8-11,16-17H2,1H3,(H,32,36). The summed E-state index contributed by atoms with van der Waals surface area (Å²) in [5.74, 6) is -0.413. The molecule has 1 fully saturated rings. The third kappa shape index (κ3) is 6.53. The maximum Gasteiger partial charge on any atom is 0.417 e. The minimum absolute atomic E-state index is 0.0431. The van der Waals surface area contributed by atoms with Gasteiger partial charge >= 0.3 is 6.18 Å². The smallest absolute Gasteiger partial charge is 0.417 e. The van der Waals surface area contributed by atoms with Gasteiger partial charge in [-0.15, -0.1) is 5.10 Å². The number of amides is 1. The number of ketones is 1. The topological polar surface area (TPSA) is 81.2 Å². The monoisotopic (exact) mass is 511 g/mol. The van der Waals surface area contributed by atoms with Crippen LogP contribution >= 0.6 is 0 Å². The van der Waals surface area contributed by atoms with Crippen LogP contribution in [-0.4, -0.2) is 35.5 Å². The van der Waals surface area contributed by atoms with Gasteiger partial charge in [0.1, 0.15) is 5.75 Å². The highest BCUT2D eigenvalue weighted by atomic mass is 19.4. The van der Waals surface area contributed by atoms with Crippen molar-refractivity contribution in [3.8, 4) is 5.75 Å². The number of Topliss-reactive ketones (excluding diaryl/α,β-unsaturated/α-hetero) is 1. The molecule has 194 valence electrons. The van der Waals surface area contributed by atoms with Gasteiger partial charge in [-0.1, -0.05) is 30.3 Å². The Morgan fingerprint density at radius 2 is 1.65 bits per heavy atom. The van der Waals surface area contributed by atoms with Crippen LogP contribution in [0.25, 0.3) is 0 Å². The lowest BCUT2D eigenvalue weighted by Gasteiger charge is -2.27. The number of halogens is 3. The zero-order valence-electron chi connectivity index (χ0n) is 20.4. The van der Waals surface area contributed by atoms with E-state index in [2.05, 4.69) is 15.5 Å². The predicted molar refractivity (Wildman–Crippen MR) is 132 cm³/mol. The molecular formula is C28H28F3N3O3. The average molecular weight is 512 g/mol. The number of benzene rings is 2. The molecule has 0 atom stereocenters. The van der Waals surface area contributed by atoms with Crippen LogP contribution in [0.4, 0.5) is 13.2 Å². The molecule has 4 rings (SSSR count). The van der Waals surface area contributed by atoms with E-state index in [-0.39, 0.29) is 23.1 Å². The van der Waals surface area contributed by atoms with E-state index in [1.807, 2.05) is 24.3 Å². The van der Waals surface area contributed by atoms with Crippen LogP contribution in [0.15, 0.2) is 60.7 Å². The van der Waals surface area contributed by atoms with Crippen molar-refractivity contribution in [1.82, 2.24) is 15.5 Å². The number of rotatable bonds is 8. The van der Waals surface area contributed by atoms with Gasteiger partial charge in [-0.2, -0.15) is 18.3 Å². The van der Waals surface area contributed by atoms with E-state index in [4.69, 9.17) is 4.74 Å². The van der Waals surface area contributed by atoms with Crippen LogP contribution in [0, 0.1) is 5.92 Å². The van der Waals surface area contributed by atoms with Gasteiger partial charge in [-0.3, -0.25) is 9.59 Å². The first-order valence-corrected chi connectivity index (χ1v) is 12.2. The first kappa shape index (κ1) is 26.3. The van der Waals surface area contributed by atoms with E-state index in [1.54, 1.807) is 19.2 Å². The molecule has 1 amide bonds. The zero-order valence-corrected chi connectivity index (χ0v) is 20.4. The molecule has 1 aromatic heterocycles.